The van der Waals surface area contributed by atoms with E-state index in [0.717, 1.165) is 37.0 Å². The molecule has 0 saturated heterocycles. The Bertz CT molecular complexity index is 437. The summed E-state index contributed by atoms with van der Waals surface area (Å²) < 4.78 is 0. The van der Waals surface area contributed by atoms with Crippen molar-refractivity contribution < 1.29 is 9.59 Å². The maximum atomic E-state index is 12.3. The molecule has 2 N–H and O–H groups in total. The van der Waals surface area contributed by atoms with Crippen molar-refractivity contribution in [3.63, 3.8) is 0 Å². The number of hydrogen-bond acceptors (Lipinski definition) is 2. The molecular weight excluding hydrogens is 288 g/mol. The minimum absolute atomic E-state index is 0.121. The van der Waals surface area contributed by atoms with E-state index in [4.69, 9.17) is 0 Å². The predicted molar refractivity (Wildman–Crippen MR) is 90.7 cm³/mol. The molecule has 0 aromatic rings. The van der Waals surface area contributed by atoms with Gasteiger partial charge in [-0.3, -0.25) is 9.59 Å². The van der Waals surface area contributed by atoms with Crippen LogP contribution >= 0.6 is 0 Å². The van der Waals surface area contributed by atoms with E-state index < -0.39 is 0 Å². The molecule has 0 aliphatic heterocycles. The molecule has 2 amide bonds. The van der Waals surface area contributed by atoms with Crippen molar-refractivity contribution in [2.24, 2.45) is 17.8 Å². The van der Waals surface area contributed by atoms with E-state index in [-0.39, 0.29) is 17.4 Å². The fourth-order valence-electron chi connectivity index (χ4n) is 5.49. The van der Waals surface area contributed by atoms with Gasteiger partial charge in [0.25, 0.3) is 0 Å². The second kappa shape index (κ2) is 7.06. The first-order chi connectivity index (χ1) is 11.1. The third kappa shape index (κ3) is 4.15. The molecule has 0 unspecified atom stereocenters. The summed E-state index contributed by atoms with van der Waals surface area (Å²) in [6, 6.07) is 0. The van der Waals surface area contributed by atoms with Crippen molar-refractivity contribution in [2.45, 2.75) is 69.7 Å². The van der Waals surface area contributed by atoms with Crippen molar-refractivity contribution in [1.29, 1.82) is 0 Å². The van der Waals surface area contributed by atoms with Gasteiger partial charge in [0.2, 0.25) is 11.8 Å². The van der Waals surface area contributed by atoms with Crippen molar-refractivity contribution in [3.8, 4) is 0 Å². The number of nitrogens with one attached hydrogen (secondary N) is 2. The van der Waals surface area contributed by atoms with Gasteiger partial charge in [-0.1, -0.05) is 13.0 Å². The van der Waals surface area contributed by atoms with E-state index >= 15 is 0 Å². The molecule has 0 radical (unpaired) electrons. The average molecular weight is 318 g/mol. The molecule has 23 heavy (non-hydrogen) atoms. The van der Waals surface area contributed by atoms with Crippen LogP contribution < -0.4 is 10.6 Å². The van der Waals surface area contributed by atoms with Gasteiger partial charge in [-0.05, 0) is 75.2 Å². The van der Waals surface area contributed by atoms with Gasteiger partial charge < -0.3 is 10.6 Å². The Morgan fingerprint density at radius 2 is 1.61 bits per heavy atom. The molecule has 4 aliphatic carbocycles. The van der Waals surface area contributed by atoms with Crippen LogP contribution in [0.3, 0.4) is 0 Å². The maximum absolute atomic E-state index is 12.3. The van der Waals surface area contributed by atoms with E-state index in [1.807, 2.05) is 0 Å². The fraction of sp³-hybridized carbons (Fsp3) is 0.789. The Balaban J connectivity index is 1.34. The van der Waals surface area contributed by atoms with Crippen LogP contribution in [-0.2, 0) is 9.59 Å². The monoisotopic (exact) mass is 318 g/mol. The summed E-state index contributed by atoms with van der Waals surface area (Å²) in [5.74, 6) is 2.73. The van der Waals surface area contributed by atoms with Crippen LogP contribution in [0.5, 0.6) is 0 Å². The second-order valence-electron chi connectivity index (χ2n) is 8.05. The summed E-state index contributed by atoms with van der Waals surface area (Å²) in [7, 11) is 0. The van der Waals surface area contributed by atoms with E-state index in [1.165, 1.54) is 44.6 Å². The molecule has 0 spiro atoms. The minimum Gasteiger partial charge on any atom is -0.353 e. The minimum atomic E-state index is -0.121. The lowest BCUT2D eigenvalue weighted by Crippen LogP contribution is -2.59. The van der Waals surface area contributed by atoms with Gasteiger partial charge in [0, 0.05) is 18.5 Å². The smallest absolute Gasteiger partial charge is 0.243 e. The molecular formula is C19H30N2O2. The number of amides is 2. The number of carbonyl (C=O) groups is 2. The van der Waals surface area contributed by atoms with E-state index in [1.54, 1.807) is 0 Å². The summed E-state index contributed by atoms with van der Waals surface area (Å²) >= 11 is 0. The third-order valence-corrected chi connectivity index (χ3v) is 6.01. The zero-order valence-corrected chi connectivity index (χ0v) is 14.1. The molecule has 0 heterocycles. The van der Waals surface area contributed by atoms with E-state index in [9.17, 15) is 9.59 Å². The predicted octanol–water partition coefficient (Wildman–Crippen LogP) is 2.93. The van der Waals surface area contributed by atoms with Gasteiger partial charge in [0.05, 0.1) is 0 Å². The third-order valence-electron chi connectivity index (χ3n) is 6.01. The molecule has 4 bridgehead atoms. The molecule has 4 heteroatoms. The van der Waals surface area contributed by atoms with Crippen LogP contribution in [0.25, 0.3) is 0 Å². The van der Waals surface area contributed by atoms with Crippen molar-refractivity contribution in [2.75, 3.05) is 6.54 Å². The summed E-state index contributed by atoms with van der Waals surface area (Å²) in [6.07, 6.45) is 12.6. The molecule has 4 fully saturated rings. The van der Waals surface area contributed by atoms with Crippen molar-refractivity contribution in [1.82, 2.24) is 10.6 Å². The Hall–Kier alpha value is -1.32. The van der Waals surface area contributed by atoms with E-state index in [0.29, 0.717) is 13.0 Å². The second-order valence-corrected chi connectivity index (χ2v) is 8.05. The molecule has 0 aromatic heterocycles. The number of rotatable bonds is 8. The highest BCUT2D eigenvalue weighted by atomic mass is 16.2. The highest BCUT2D eigenvalue weighted by molar-refractivity contribution is 5.86. The van der Waals surface area contributed by atoms with Gasteiger partial charge in [-0.15, -0.1) is 0 Å². The van der Waals surface area contributed by atoms with Crippen LogP contribution in [-0.4, -0.2) is 23.9 Å². The molecule has 4 rings (SSSR count). The molecule has 4 nitrogen and oxygen atoms in total. The quantitative estimate of drug-likeness (QED) is 0.534. The van der Waals surface area contributed by atoms with Crippen molar-refractivity contribution in [3.05, 3.63) is 12.7 Å². The van der Waals surface area contributed by atoms with Gasteiger partial charge in [-0.25, -0.2) is 0 Å². The SMILES string of the molecule is C=CC(=O)NCCCCCC(=O)NC12CC3CC(CC(C3)C1)C2. The summed E-state index contributed by atoms with van der Waals surface area (Å²) in [5, 5.41) is 6.19. The molecule has 4 saturated carbocycles. The lowest BCUT2D eigenvalue weighted by atomic mass is 9.53. The van der Waals surface area contributed by atoms with Crippen LogP contribution in [0.15, 0.2) is 12.7 Å². The van der Waals surface area contributed by atoms with Gasteiger partial charge in [-0.2, -0.15) is 0 Å². The normalized spacial score (nSPS) is 34.2. The van der Waals surface area contributed by atoms with Crippen molar-refractivity contribution >= 4 is 11.8 Å². The Morgan fingerprint density at radius 1 is 1.00 bits per heavy atom. The standard InChI is InChI=1S/C19H30N2O2/c1-2-17(22)20-7-5-3-4-6-18(23)21-19-11-14-8-15(12-19)10-16(9-14)13-19/h2,14-16H,1,3-13H2,(H,20,22)(H,21,23). The zero-order valence-electron chi connectivity index (χ0n) is 14.1. The number of hydrogen-bond donors (Lipinski definition) is 2. The summed E-state index contributed by atoms with van der Waals surface area (Å²) in [4.78, 5) is 23.3. The highest BCUT2D eigenvalue weighted by Gasteiger charge is 2.51. The first-order valence-corrected chi connectivity index (χ1v) is 9.30. The van der Waals surface area contributed by atoms with Gasteiger partial charge >= 0.3 is 0 Å². The summed E-state index contributed by atoms with van der Waals surface area (Å²) in [6.45, 7) is 4.09. The van der Waals surface area contributed by atoms with Crippen LogP contribution in [0.2, 0.25) is 0 Å². The first-order valence-electron chi connectivity index (χ1n) is 9.30. The Labute approximate surface area is 139 Å². The summed E-state index contributed by atoms with van der Waals surface area (Å²) in [5.41, 5.74) is 0.143. The number of carbonyl (C=O) groups excluding carboxylic acids is 2. The van der Waals surface area contributed by atoms with Gasteiger partial charge in [0.1, 0.15) is 0 Å². The molecule has 4 aliphatic rings. The molecule has 0 aromatic carbocycles. The Morgan fingerprint density at radius 3 is 2.17 bits per heavy atom. The maximum Gasteiger partial charge on any atom is 0.243 e. The topological polar surface area (TPSA) is 58.2 Å². The van der Waals surface area contributed by atoms with Crippen LogP contribution in [0.4, 0.5) is 0 Å². The lowest BCUT2D eigenvalue weighted by molar-refractivity contribution is -0.127. The van der Waals surface area contributed by atoms with Crippen LogP contribution in [0, 0.1) is 17.8 Å². The molecule has 0 atom stereocenters. The highest BCUT2D eigenvalue weighted by Crippen LogP contribution is 2.55. The number of unbranched alkanes of at least 4 members (excludes halogenated alkanes) is 2. The largest absolute Gasteiger partial charge is 0.353 e. The Kier molecular flexibility index (Phi) is 5.08. The average Bonchev–Trinajstić information content (AvgIpc) is 2.48. The van der Waals surface area contributed by atoms with Crippen LogP contribution in [0.1, 0.15) is 64.2 Å². The van der Waals surface area contributed by atoms with Gasteiger partial charge in [0.15, 0.2) is 0 Å². The fourth-order valence-corrected chi connectivity index (χ4v) is 5.49. The van der Waals surface area contributed by atoms with E-state index in [2.05, 4.69) is 17.2 Å². The molecule has 128 valence electrons. The zero-order chi connectivity index (χ0) is 16.3. The first kappa shape index (κ1) is 16.5. The lowest BCUT2D eigenvalue weighted by Gasteiger charge is -2.56.